The predicted octanol–water partition coefficient (Wildman–Crippen LogP) is 3.61. The fraction of sp³-hybridized carbons (Fsp3) is 0.600. The van der Waals surface area contributed by atoms with Crippen LogP contribution in [0.25, 0.3) is 0 Å². The third-order valence-corrected chi connectivity index (χ3v) is 4.04. The Bertz CT molecular complexity index is 572. The lowest BCUT2D eigenvalue weighted by molar-refractivity contribution is -0.146. The van der Waals surface area contributed by atoms with Crippen LogP contribution in [0.5, 0.6) is 5.75 Å². The largest absolute Gasteiger partial charge is 0.494 e. The summed E-state index contributed by atoms with van der Waals surface area (Å²) >= 11 is 0. The Morgan fingerprint density at radius 3 is 2.48 bits per heavy atom. The van der Waals surface area contributed by atoms with E-state index in [9.17, 15) is 9.59 Å². The molecule has 0 aliphatic rings. The maximum absolute atomic E-state index is 12.5. The molecule has 0 radical (unpaired) electrons. The second-order valence-electron chi connectivity index (χ2n) is 6.32. The fourth-order valence-electron chi connectivity index (χ4n) is 2.71. The number of nitrogens with one attached hydrogen (secondary N) is 1. The van der Waals surface area contributed by atoms with E-state index in [1.165, 1.54) is 0 Å². The van der Waals surface area contributed by atoms with Crippen LogP contribution in [0.4, 0.5) is 0 Å². The molecule has 140 valence electrons. The van der Waals surface area contributed by atoms with E-state index in [0.29, 0.717) is 19.7 Å². The van der Waals surface area contributed by atoms with E-state index in [1.54, 1.807) is 4.90 Å². The second kappa shape index (κ2) is 10.7. The first-order chi connectivity index (χ1) is 11.9. The van der Waals surface area contributed by atoms with Crippen molar-refractivity contribution < 1.29 is 14.3 Å². The molecule has 1 N–H and O–H groups in total. The smallest absolute Gasteiger partial charge is 0.311 e. The van der Waals surface area contributed by atoms with Crippen molar-refractivity contribution in [3.63, 3.8) is 0 Å². The van der Waals surface area contributed by atoms with Crippen molar-refractivity contribution in [3.05, 3.63) is 29.3 Å². The van der Waals surface area contributed by atoms with E-state index in [4.69, 9.17) is 4.74 Å². The molecule has 1 aromatic carbocycles. The molecule has 5 nitrogen and oxygen atoms in total. The van der Waals surface area contributed by atoms with Gasteiger partial charge in [0.05, 0.1) is 12.6 Å². The third-order valence-electron chi connectivity index (χ3n) is 4.04. The molecule has 1 unspecified atom stereocenters. The summed E-state index contributed by atoms with van der Waals surface area (Å²) in [5.41, 5.74) is 1.97. The number of amides is 2. The summed E-state index contributed by atoms with van der Waals surface area (Å²) in [5, 5.41) is 2.83. The number of hydrogen-bond acceptors (Lipinski definition) is 3. The number of hydrogen-bond donors (Lipinski definition) is 1. The first-order valence-corrected chi connectivity index (χ1v) is 9.27. The van der Waals surface area contributed by atoms with Gasteiger partial charge in [0, 0.05) is 18.7 Å². The molecular weight excluding hydrogens is 316 g/mol. The molecule has 0 aliphatic heterocycles. The van der Waals surface area contributed by atoms with Crippen LogP contribution in [0.2, 0.25) is 0 Å². The zero-order valence-electron chi connectivity index (χ0n) is 16.2. The molecule has 0 bridgehead atoms. The van der Waals surface area contributed by atoms with Crippen LogP contribution < -0.4 is 10.1 Å². The Balaban J connectivity index is 2.84. The number of ether oxygens (including phenoxy) is 1. The van der Waals surface area contributed by atoms with Crippen LogP contribution in [0, 0.1) is 6.92 Å². The van der Waals surface area contributed by atoms with Gasteiger partial charge in [-0.05, 0) is 39.7 Å². The van der Waals surface area contributed by atoms with E-state index >= 15 is 0 Å². The SMILES string of the molecule is CCCCN(CCC)C(=O)C(=O)NC(C)c1cc(C)ccc1OCC. The minimum atomic E-state index is -0.555. The molecule has 0 spiro atoms. The maximum Gasteiger partial charge on any atom is 0.311 e. The minimum absolute atomic E-state index is 0.299. The van der Waals surface area contributed by atoms with Gasteiger partial charge < -0.3 is 15.0 Å². The zero-order valence-corrected chi connectivity index (χ0v) is 16.2. The van der Waals surface area contributed by atoms with E-state index in [-0.39, 0.29) is 6.04 Å². The molecule has 0 saturated carbocycles. The summed E-state index contributed by atoms with van der Waals surface area (Å²) < 4.78 is 5.65. The zero-order chi connectivity index (χ0) is 18.8. The highest BCUT2D eigenvalue weighted by atomic mass is 16.5. The van der Waals surface area contributed by atoms with Crippen LogP contribution in [0.15, 0.2) is 18.2 Å². The van der Waals surface area contributed by atoms with E-state index in [2.05, 4.69) is 12.2 Å². The van der Waals surface area contributed by atoms with Gasteiger partial charge in [-0.3, -0.25) is 9.59 Å². The molecular formula is C20H32N2O3. The molecule has 25 heavy (non-hydrogen) atoms. The molecule has 0 saturated heterocycles. The Morgan fingerprint density at radius 2 is 1.88 bits per heavy atom. The number of aryl methyl sites for hydroxylation is 1. The lowest BCUT2D eigenvalue weighted by Gasteiger charge is -2.23. The minimum Gasteiger partial charge on any atom is -0.494 e. The Morgan fingerprint density at radius 1 is 1.16 bits per heavy atom. The highest BCUT2D eigenvalue weighted by Gasteiger charge is 2.23. The molecule has 1 aromatic rings. The Labute approximate surface area is 151 Å². The summed E-state index contributed by atoms with van der Waals surface area (Å²) in [7, 11) is 0. The maximum atomic E-state index is 12.5. The summed E-state index contributed by atoms with van der Waals surface area (Å²) in [6, 6.07) is 5.57. The van der Waals surface area contributed by atoms with Crippen molar-refractivity contribution in [2.75, 3.05) is 19.7 Å². The number of carbonyl (C=O) groups excluding carboxylic acids is 2. The number of nitrogens with zero attached hydrogens (tertiary/aromatic N) is 1. The molecule has 0 aromatic heterocycles. The predicted molar refractivity (Wildman–Crippen MR) is 101 cm³/mol. The number of rotatable bonds is 9. The lowest BCUT2D eigenvalue weighted by Crippen LogP contribution is -2.44. The average Bonchev–Trinajstić information content (AvgIpc) is 2.59. The van der Waals surface area contributed by atoms with Gasteiger partial charge in [-0.15, -0.1) is 0 Å². The molecule has 0 fully saturated rings. The van der Waals surface area contributed by atoms with E-state index < -0.39 is 11.8 Å². The molecule has 2 amide bonds. The van der Waals surface area contributed by atoms with E-state index in [0.717, 1.165) is 36.1 Å². The van der Waals surface area contributed by atoms with Crippen LogP contribution in [-0.2, 0) is 9.59 Å². The monoisotopic (exact) mass is 348 g/mol. The van der Waals surface area contributed by atoms with Gasteiger partial charge in [-0.2, -0.15) is 0 Å². The van der Waals surface area contributed by atoms with E-state index in [1.807, 2.05) is 45.9 Å². The Kier molecular flexibility index (Phi) is 9.03. The van der Waals surface area contributed by atoms with Gasteiger partial charge in [-0.25, -0.2) is 0 Å². The summed E-state index contributed by atoms with van der Waals surface area (Å²) in [5.74, 6) is -0.265. The van der Waals surface area contributed by atoms with Crippen molar-refractivity contribution >= 4 is 11.8 Å². The molecule has 1 atom stereocenters. The summed E-state index contributed by atoms with van der Waals surface area (Å²) in [4.78, 5) is 26.5. The number of benzene rings is 1. The second-order valence-corrected chi connectivity index (χ2v) is 6.32. The first-order valence-electron chi connectivity index (χ1n) is 9.27. The average molecular weight is 348 g/mol. The van der Waals surface area contributed by atoms with Crippen LogP contribution >= 0.6 is 0 Å². The lowest BCUT2D eigenvalue weighted by atomic mass is 10.0. The van der Waals surface area contributed by atoms with Crippen LogP contribution in [-0.4, -0.2) is 36.4 Å². The topological polar surface area (TPSA) is 58.6 Å². The molecule has 5 heteroatoms. The van der Waals surface area contributed by atoms with Gasteiger partial charge in [0.15, 0.2) is 0 Å². The van der Waals surface area contributed by atoms with Crippen molar-refractivity contribution in [1.29, 1.82) is 0 Å². The van der Waals surface area contributed by atoms with Gasteiger partial charge in [0.1, 0.15) is 5.75 Å². The quantitative estimate of drug-likeness (QED) is 0.694. The number of carbonyl (C=O) groups is 2. The normalized spacial score (nSPS) is 11.7. The molecule has 0 heterocycles. The van der Waals surface area contributed by atoms with Crippen molar-refractivity contribution in [3.8, 4) is 5.75 Å². The first kappa shape index (κ1) is 21.0. The van der Waals surface area contributed by atoms with Crippen LogP contribution in [0.3, 0.4) is 0 Å². The fourth-order valence-corrected chi connectivity index (χ4v) is 2.71. The standard InChI is InChI=1S/C20H32N2O3/c1-6-9-13-22(12-7-2)20(24)19(23)21-16(5)17-14-15(4)10-11-18(17)25-8-3/h10-11,14,16H,6-9,12-13H2,1-5H3,(H,21,23). The summed E-state index contributed by atoms with van der Waals surface area (Å²) in [6.07, 6.45) is 2.73. The number of unbranched alkanes of at least 4 members (excludes halogenated alkanes) is 1. The van der Waals surface area contributed by atoms with Gasteiger partial charge in [0.25, 0.3) is 0 Å². The van der Waals surface area contributed by atoms with Crippen LogP contribution in [0.1, 0.15) is 64.1 Å². The molecule has 1 rings (SSSR count). The third kappa shape index (κ3) is 6.40. The van der Waals surface area contributed by atoms with Crippen molar-refractivity contribution in [2.24, 2.45) is 0 Å². The Hall–Kier alpha value is -2.04. The van der Waals surface area contributed by atoms with Gasteiger partial charge in [-0.1, -0.05) is 38.0 Å². The van der Waals surface area contributed by atoms with Crippen molar-refractivity contribution in [2.45, 2.75) is 59.9 Å². The highest BCUT2D eigenvalue weighted by Crippen LogP contribution is 2.26. The van der Waals surface area contributed by atoms with Crippen molar-refractivity contribution in [1.82, 2.24) is 10.2 Å². The summed E-state index contributed by atoms with van der Waals surface area (Å²) in [6.45, 7) is 11.7. The van der Waals surface area contributed by atoms with Gasteiger partial charge in [0.2, 0.25) is 0 Å². The van der Waals surface area contributed by atoms with Gasteiger partial charge >= 0.3 is 11.8 Å². The highest BCUT2D eigenvalue weighted by molar-refractivity contribution is 6.35. The molecule has 0 aliphatic carbocycles.